The highest BCUT2D eigenvalue weighted by Crippen LogP contribution is 2.13. The Morgan fingerprint density at radius 2 is 1.86 bits per heavy atom. The lowest BCUT2D eigenvalue weighted by molar-refractivity contribution is 0.414. The molecule has 0 aliphatic carbocycles. The van der Waals surface area contributed by atoms with Gasteiger partial charge < -0.3 is 15.4 Å². The van der Waals surface area contributed by atoms with Crippen LogP contribution in [0, 0.1) is 0 Å². The Kier molecular flexibility index (Phi) is 5.14. The highest BCUT2D eigenvalue weighted by Gasteiger charge is 2.11. The number of rotatable bonds is 6. The maximum Gasteiger partial charge on any atom is 0.245 e. The average Bonchev–Trinajstić information content (AvgIpc) is 2.47. The lowest BCUT2D eigenvalue weighted by Crippen LogP contribution is -2.27. The summed E-state index contributed by atoms with van der Waals surface area (Å²) in [5, 5.41) is 14.4. The molecule has 1 heterocycles. The molecule has 0 spiro atoms. The molecule has 0 saturated heterocycles. The lowest BCUT2D eigenvalue weighted by Gasteiger charge is -2.20. The number of ether oxygens (including phenoxy) is 1. The molecule has 1 aromatic carbocycles. The fourth-order valence-corrected chi connectivity index (χ4v) is 1.90. The van der Waals surface area contributed by atoms with Gasteiger partial charge in [0.15, 0.2) is 5.82 Å². The zero-order valence-electron chi connectivity index (χ0n) is 13.6. The Hall–Kier alpha value is -2.37. The minimum atomic E-state index is -0.0939. The van der Waals surface area contributed by atoms with Crippen LogP contribution in [0.2, 0.25) is 0 Å². The highest BCUT2D eigenvalue weighted by atomic mass is 16.5. The molecule has 0 unspecified atom stereocenters. The van der Waals surface area contributed by atoms with Gasteiger partial charge in [-0.2, -0.15) is 10.1 Å². The third kappa shape index (κ3) is 5.20. The van der Waals surface area contributed by atoms with Crippen LogP contribution >= 0.6 is 0 Å². The Labute approximate surface area is 131 Å². The summed E-state index contributed by atoms with van der Waals surface area (Å²) in [4.78, 5) is 4.40. The van der Waals surface area contributed by atoms with E-state index in [2.05, 4.69) is 58.7 Å². The lowest BCUT2D eigenvalue weighted by atomic mass is 10.1. The first-order valence-corrected chi connectivity index (χ1v) is 7.31. The molecule has 1 aromatic heterocycles. The van der Waals surface area contributed by atoms with Gasteiger partial charge in [-0.15, -0.1) is 5.10 Å². The molecule has 0 fully saturated rings. The maximum atomic E-state index is 5.15. The van der Waals surface area contributed by atoms with Gasteiger partial charge in [0, 0.05) is 12.1 Å². The molecule has 0 aliphatic rings. The molecule has 0 amide bonds. The van der Waals surface area contributed by atoms with Crippen molar-refractivity contribution in [2.45, 2.75) is 32.7 Å². The van der Waals surface area contributed by atoms with Crippen LogP contribution in [-0.2, 0) is 6.42 Å². The number of nitrogens with zero attached hydrogens (tertiary/aromatic N) is 3. The summed E-state index contributed by atoms with van der Waals surface area (Å²) in [7, 11) is 1.67. The third-order valence-corrected chi connectivity index (χ3v) is 2.92. The first-order valence-electron chi connectivity index (χ1n) is 7.31. The number of hydrogen-bond donors (Lipinski definition) is 2. The molecule has 0 radical (unpaired) electrons. The highest BCUT2D eigenvalue weighted by molar-refractivity contribution is 5.38. The standard InChI is InChI=1S/C16H23N5O/c1-16(2,3)20-15-19-14(11-18-21-15)17-10-9-12-5-7-13(22-4)8-6-12/h5-8,11H,9-10H2,1-4H3,(H2,17,19,20,21). The van der Waals surface area contributed by atoms with E-state index in [1.54, 1.807) is 13.3 Å². The van der Waals surface area contributed by atoms with E-state index in [0.29, 0.717) is 5.95 Å². The summed E-state index contributed by atoms with van der Waals surface area (Å²) >= 11 is 0. The number of aromatic nitrogens is 3. The largest absolute Gasteiger partial charge is 0.497 e. The minimum absolute atomic E-state index is 0.0939. The van der Waals surface area contributed by atoms with Gasteiger partial charge in [0.05, 0.1) is 13.3 Å². The fraction of sp³-hybridized carbons (Fsp3) is 0.438. The molecular formula is C16H23N5O. The van der Waals surface area contributed by atoms with Crippen LogP contribution in [0.1, 0.15) is 26.3 Å². The number of nitrogens with one attached hydrogen (secondary N) is 2. The molecule has 0 atom stereocenters. The second-order valence-corrected chi connectivity index (χ2v) is 6.07. The molecule has 2 rings (SSSR count). The summed E-state index contributed by atoms with van der Waals surface area (Å²) in [5.41, 5.74) is 1.15. The Balaban J connectivity index is 1.87. The summed E-state index contributed by atoms with van der Waals surface area (Å²) in [6, 6.07) is 8.05. The predicted molar refractivity (Wildman–Crippen MR) is 88.4 cm³/mol. The van der Waals surface area contributed by atoms with Crippen LogP contribution < -0.4 is 15.4 Å². The topological polar surface area (TPSA) is 72.0 Å². The number of benzene rings is 1. The zero-order valence-corrected chi connectivity index (χ0v) is 13.6. The van der Waals surface area contributed by atoms with E-state index >= 15 is 0 Å². The summed E-state index contributed by atoms with van der Waals surface area (Å²) in [5.74, 6) is 2.12. The molecule has 6 heteroatoms. The van der Waals surface area contributed by atoms with Crippen LogP contribution in [0.4, 0.5) is 11.8 Å². The number of hydrogen-bond acceptors (Lipinski definition) is 6. The van der Waals surface area contributed by atoms with E-state index < -0.39 is 0 Å². The first-order chi connectivity index (χ1) is 10.5. The van der Waals surface area contributed by atoms with Crippen LogP contribution in [0.25, 0.3) is 0 Å². The smallest absolute Gasteiger partial charge is 0.245 e. The van der Waals surface area contributed by atoms with E-state index in [-0.39, 0.29) is 5.54 Å². The van der Waals surface area contributed by atoms with E-state index in [4.69, 9.17) is 4.74 Å². The zero-order chi connectivity index (χ0) is 16.0. The van der Waals surface area contributed by atoms with Gasteiger partial charge in [-0.1, -0.05) is 12.1 Å². The van der Waals surface area contributed by atoms with Crippen molar-refractivity contribution in [1.82, 2.24) is 15.2 Å². The monoisotopic (exact) mass is 301 g/mol. The molecule has 2 N–H and O–H groups in total. The van der Waals surface area contributed by atoms with Gasteiger partial charge in [0.2, 0.25) is 5.95 Å². The number of methoxy groups -OCH3 is 1. The maximum absolute atomic E-state index is 5.15. The molecule has 0 aliphatic heterocycles. The summed E-state index contributed by atoms with van der Waals surface area (Å²) in [6.07, 6.45) is 2.53. The van der Waals surface area contributed by atoms with E-state index in [1.165, 1.54) is 5.56 Å². The minimum Gasteiger partial charge on any atom is -0.497 e. The molecule has 22 heavy (non-hydrogen) atoms. The van der Waals surface area contributed by atoms with Crippen molar-refractivity contribution in [3.05, 3.63) is 36.0 Å². The van der Waals surface area contributed by atoms with Crippen molar-refractivity contribution < 1.29 is 4.74 Å². The summed E-state index contributed by atoms with van der Waals surface area (Å²) < 4.78 is 5.15. The van der Waals surface area contributed by atoms with Gasteiger partial charge >= 0.3 is 0 Å². The van der Waals surface area contributed by atoms with Crippen LogP contribution in [-0.4, -0.2) is 34.4 Å². The van der Waals surface area contributed by atoms with Gasteiger partial charge in [0.1, 0.15) is 5.75 Å². The van der Waals surface area contributed by atoms with Gasteiger partial charge in [-0.25, -0.2) is 0 Å². The Morgan fingerprint density at radius 3 is 2.50 bits per heavy atom. The van der Waals surface area contributed by atoms with E-state index in [1.807, 2.05) is 12.1 Å². The molecule has 6 nitrogen and oxygen atoms in total. The second kappa shape index (κ2) is 7.06. The van der Waals surface area contributed by atoms with Gasteiger partial charge in [-0.3, -0.25) is 0 Å². The van der Waals surface area contributed by atoms with Gasteiger partial charge in [-0.05, 0) is 44.9 Å². The van der Waals surface area contributed by atoms with Crippen molar-refractivity contribution in [3.8, 4) is 5.75 Å². The average molecular weight is 301 g/mol. The summed E-state index contributed by atoms with van der Waals surface area (Å²) in [6.45, 7) is 6.94. The molecule has 2 aromatic rings. The Morgan fingerprint density at radius 1 is 1.14 bits per heavy atom. The quantitative estimate of drug-likeness (QED) is 0.855. The third-order valence-electron chi connectivity index (χ3n) is 2.92. The number of anilines is 2. The van der Waals surface area contributed by atoms with Crippen molar-refractivity contribution >= 4 is 11.8 Å². The van der Waals surface area contributed by atoms with Crippen molar-refractivity contribution in [3.63, 3.8) is 0 Å². The van der Waals surface area contributed by atoms with E-state index in [9.17, 15) is 0 Å². The van der Waals surface area contributed by atoms with Crippen molar-refractivity contribution in [2.75, 3.05) is 24.3 Å². The van der Waals surface area contributed by atoms with Crippen molar-refractivity contribution in [2.24, 2.45) is 0 Å². The predicted octanol–water partition coefficient (Wildman–Crippen LogP) is 2.75. The van der Waals surface area contributed by atoms with Gasteiger partial charge in [0.25, 0.3) is 0 Å². The molecule has 0 saturated carbocycles. The Bertz CT molecular complexity index is 592. The van der Waals surface area contributed by atoms with Crippen LogP contribution in [0.15, 0.2) is 30.5 Å². The SMILES string of the molecule is COc1ccc(CCNc2cnnc(NC(C)(C)C)n2)cc1. The van der Waals surface area contributed by atoms with Crippen LogP contribution in [0.5, 0.6) is 5.75 Å². The normalized spacial score (nSPS) is 11.1. The second-order valence-electron chi connectivity index (χ2n) is 6.07. The molecular weight excluding hydrogens is 278 g/mol. The first kappa shape index (κ1) is 16.0. The molecule has 118 valence electrons. The van der Waals surface area contributed by atoms with E-state index in [0.717, 1.165) is 24.5 Å². The van der Waals surface area contributed by atoms with Crippen LogP contribution in [0.3, 0.4) is 0 Å². The fourth-order valence-electron chi connectivity index (χ4n) is 1.90. The van der Waals surface area contributed by atoms with Crippen molar-refractivity contribution in [1.29, 1.82) is 0 Å². The molecule has 0 bridgehead atoms.